The van der Waals surface area contributed by atoms with Gasteiger partial charge < -0.3 is 10.2 Å². The fourth-order valence-electron chi connectivity index (χ4n) is 1.61. The van der Waals surface area contributed by atoms with Gasteiger partial charge in [-0.2, -0.15) is 0 Å². The van der Waals surface area contributed by atoms with Gasteiger partial charge >= 0.3 is 5.97 Å². The van der Waals surface area contributed by atoms with Gasteiger partial charge in [0, 0.05) is 10.6 Å². The van der Waals surface area contributed by atoms with Crippen LogP contribution in [0, 0.1) is 5.82 Å². The van der Waals surface area contributed by atoms with E-state index < -0.39 is 17.9 Å². The van der Waals surface area contributed by atoms with E-state index >= 15 is 0 Å². The standard InChI is InChI=1S/C12H8ClFO3S/c13-7-2-1-3-8(14)9(7)10(15)11-6(12(16)17)4-5-18-11/h1-5,10,15H,(H,16,17). The summed E-state index contributed by atoms with van der Waals surface area (Å²) in [5.41, 5.74) is -0.157. The van der Waals surface area contributed by atoms with Crippen molar-refractivity contribution >= 4 is 28.9 Å². The van der Waals surface area contributed by atoms with Gasteiger partial charge in [0.2, 0.25) is 0 Å². The van der Waals surface area contributed by atoms with Crippen LogP contribution in [0.4, 0.5) is 4.39 Å². The number of thiophene rings is 1. The van der Waals surface area contributed by atoms with Gasteiger partial charge in [-0.3, -0.25) is 0 Å². The van der Waals surface area contributed by atoms with Crippen molar-refractivity contribution in [2.24, 2.45) is 0 Å². The van der Waals surface area contributed by atoms with Gasteiger partial charge in [0.15, 0.2) is 0 Å². The molecule has 2 rings (SSSR count). The minimum atomic E-state index is -1.38. The van der Waals surface area contributed by atoms with Crippen molar-refractivity contribution < 1.29 is 19.4 Å². The maximum atomic E-state index is 13.6. The molecule has 1 aromatic heterocycles. The second kappa shape index (κ2) is 5.06. The molecule has 0 saturated heterocycles. The number of hydrogen-bond donors (Lipinski definition) is 2. The maximum absolute atomic E-state index is 13.6. The van der Waals surface area contributed by atoms with E-state index in [2.05, 4.69) is 0 Å². The quantitative estimate of drug-likeness (QED) is 0.910. The average molecular weight is 287 g/mol. The lowest BCUT2D eigenvalue weighted by atomic mass is 10.0. The zero-order chi connectivity index (χ0) is 13.3. The highest BCUT2D eigenvalue weighted by atomic mass is 35.5. The summed E-state index contributed by atoms with van der Waals surface area (Å²) in [6, 6.07) is 5.39. The lowest BCUT2D eigenvalue weighted by molar-refractivity contribution is 0.0692. The first-order valence-corrected chi connectivity index (χ1v) is 6.20. The third kappa shape index (κ3) is 2.25. The smallest absolute Gasteiger partial charge is 0.336 e. The predicted octanol–water partition coefficient (Wildman–Crippen LogP) is 3.32. The van der Waals surface area contributed by atoms with Crippen LogP contribution in [0.25, 0.3) is 0 Å². The van der Waals surface area contributed by atoms with Gasteiger partial charge in [-0.05, 0) is 23.6 Å². The Hall–Kier alpha value is -1.43. The van der Waals surface area contributed by atoms with E-state index in [0.29, 0.717) is 0 Å². The molecule has 0 amide bonds. The molecule has 2 aromatic rings. The maximum Gasteiger partial charge on any atom is 0.336 e. The largest absolute Gasteiger partial charge is 0.478 e. The van der Waals surface area contributed by atoms with Crippen LogP contribution in [0.1, 0.15) is 26.9 Å². The van der Waals surface area contributed by atoms with E-state index in [9.17, 15) is 14.3 Å². The summed E-state index contributed by atoms with van der Waals surface area (Å²) >= 11 is 6.87. The Morgan fingerprint density at radius 1 is 1.39 bits per heavy atom. The van der Waals surface area contributed by atoms with Gasteiger partial charge in [0.05, 0.1) is 10.4 Å². The summed E-state index contributed by atoms with van der Waals surface area (Å²) in [6.07, 6.45) is -1.38. The lowest BCUT2D eigenvalue weighted by Gasteiger charge is -2.13. The van der Waals surface area contributed by atoms with Gasteiger partial charge in [-0.1, -0.05) is 17.7 Å². The fraction of sp³-hybridized carbons (Fsp3) is 0.0833. The average Bonchev–Trinajstić information content (AvgIpc) is 2.77. The van der Waals surface area contributed by atoms with Gasteiger partial charge in [-0.25, -0.2) is 9.18 Å². The molecule has 18 heavy (non-hydrogen) atoms. The first kappa shape index (κ1) is 13.0. The first-order valence-electron chi connectivity index (χ1n) is 4.95. The summed E-state index contributed by atoms with van der Waals surface area (Å²) in [5, 5.41) is 20.6. The van der Waals surface area contributed by atoms with Crippen LogP contribution in [0.3, 0.4) is 0 Å². The van der Waals surface area contributed by atoms with Crippen molar-refractivity contribution in [3.05, 3.63) is 56.5 Å². The van der Waals surface area contributed by atoms with Crippen molar-refractivity contribution in [2.45, 2.75) is 6.10 Å². The lowest BCUT2D eigenvalue weighted by Crippen LogP contribution is -2.07. The number of aliphatic hydroxyl groups excluding tert-OH is 1. The van der Waals surface area contributed by atoms with Gasteiger partial charge in [0.25, 0.3) is 0 Å². The second-order valence-corrected chi connectivity index (χ2v) is 4.90. The Balaban J connectivity index is 2.51. The normalized spacial score (nSPS) is 12.4. The van der Waals surface area contributed by atoms with Crippen molar-refractivity contribution in [3.63, 3.8) is 0 Å². The molecule has 2 N–H and O–H groups in total. The molecular weight excluding hydrogens is 279 g/mol. The first-order chi connectivity index (χ1) is 8.52. The molecule has 0 radical (unpaired) electrons. The Morgan fingerprint density at radius 2 is 2.11 bits per heavy atom. The molecule has 6 heteroatoms. The Morgan fingerprint density at radius 3 is 2.72 bits per heavy atom. The molecule has 0 spiro atoms. The fourth-order valence-corrected chi connectivity index (χ4v) is 2.76. The minimum absolute atomic E-state index is 0.0492. The zero-order valence-corrected chi connectivity index (χ0v) is 10.5. The van der Waals surface area contributed by atoms with Crippen molar-refractivity contribution in [1.82, 2.24) is 0 Å². The van der Waals surface area contributed by atoms with Crippen LogP contribution in [-0.2, 0) is 0 Å². The summed E-state index contributed by atoms with van der Waals surface area (Å²) < 4.78 is 13.6. The van der Waals surface area contributed by atoms with Crippen molar-refractivity contribution in [2.75, 3.05) is 0 Å². The van der Waals surface area contributed by atoms with Crippen LogP contribution in [0.5, 0.6) is 0 Å². The Kier molecular flexibility index (Phi) is 3.65. The SMILES string of the molecule is O=C(O)c1ccsc1C(O)c1c(F)cccc1Cl. The van der Waals surface area contributed by atoms with E-state index in [1.807, 2.05) is 0 Å². The number of carboxylic acid groups (broad SMARTS) is 1. The molecule has 0 aliphatic carbocycles. The molecular formula is C12H8ClFO3S. The number of aromatic carboxylic acids is 1. The third-order valence-electron chi connectivity index (χ3n) is 2.45. The highest BCUT2D eigenvalue weighted by Crippen LogP contribution is 2.34. The summed E-state index contributed by atoms with van der Waals surface area (Å²) in [6.45, 7) is 0. The molecule has 3 nitrogen and oxygen atoms in total. The van der Waals surface area contributed by atoms with Crippen LogP contribution in [0.2, 0.25) is 5.02 Å². The third-order valence-corrected chi connectivity index (χ3v) is 3.75. The minimum Gasteiger partial charge on any atom is -0.478 e. The molecule has 1 heterocycles. The molecule has 0 bridgehead atoms. The van der Waals surface area contributed by atoms with E-state index in [1.165, 1.54) is 29.6 Å². The summed E-state index contributed by atoms with van der Waals surface area (Å²) in [4.78, 5) is 11.1. The summed E-state index contributed by atoms with van der Waals surface area (Å²) in [7, 11) is 0. The molecule has 0 aliphatic rings. The number of benzene rings is 1. The van der Waals surface area contributed by atoms with Gasteiger partial charge in [-0.15, -0.1) is 11.3 Å². The number of carboxylic acids is 1. The number of hydrogen-bond acceptors (Lipinski definition) is 3. The van der Waals surface area contributed by atoms with E-state index in [1.54, 1.807) is 0 Å². The second-order valence-electron chi connectivity index (χ2n) is 3.54. The van der Waals surface area contributed by atoms with Crippen molar-refractivity contribution in [1.29, 1.82) is 0 Å². The van der Waals surface area contributed by atoms with Crippen molar-refractivity contribution in [3.8, 4) is 0 Å². The summed E-state index contributed by atoms with van der Waals surface area (Å²) in [5.74, 6) is -1.84. The zero-order valence-electron chi connectivity index (χ0n) is 8.93. The monoisotopic (exact) mass is 286 g/mol. The Bertz CT molecular complexity index is 577. The molecule has 0 aliphatic heterocycles. The highest BCUT2D eigenvalue weighted by Gasteiger charge is 2.24. The van der Waals surface area contributed by atoms with Crippen LogP contribution >= 0.6 is 22.9 Å². The number of rotatable bonds is 3. The van der Waals surface area contributed by atoms with Gasteiger partial charge in [0.1, 0.15) is 11.9 Å². The highest BCUT2D eigenvalue weighted by molar-refractivity contribution is 7.10. The van der Waals surface area contributed by atoms with E-state index in [-0.39, 0.29) is 21.0 Å². The molecule has 1 unspecified atom stereocenters. The van der Waals surface area contributed by atoms with E-state index in [4.69, 9.17) is 16.7 Å². The molecule has 1 aromatic carbocycles. The van der Waals surface area contributed by atoms with Crippen LogP contribution < -0.4 is 0 Å². The Labute approximate surface area is 111 Å². The molecule has 0 saturated carbocycles. The predicted molar refractivity (Wildman–Crippen MR) is 66.8 cm³/mol. The molecule has 1 atom stereocenters. The number of halogens is 2. The van der Waals surface area contributed by atoms with Crippen LogP contribution in [0.15, 0.2) is 29.6 Å². The number of aliphatic hydroxyl groups is 1. The molecule has 94 valence electrons. The topological polar surface area (TPSA) is 57.5 Å². The van der Waals surface area contributed by atoms with E-state index in [0.717, 1.165) is 11.3 Å². The van der Waals surface area contributed by atoms with Crippen LogP contribution in [-0.4, -0.2) is 16.2 Å². The molecule has 0 fully saturated rings. The number of carbonyl (C=O) groups is 1.